The highest BCUT2D eigenvalue weighted by molar-refractivity contribution is 6.16. The quantitative estimate of drug-likeness (QED) is 0.754. The third-order valence-electron chi connectivity index (χ3n) is 4.48. The molecule has 1 atom stereocenters. The van der Waals surface area contributed by atoms with E-state index >= 15 is 0 Å². The van der Waals surface area contributed by atoms with Gasteiger partial charge in [-0.15, -0.1) is 0 Å². The van der Waals surface area contributed by atoms with Crippen LogP contribution in [0.1, 0.15) is 64.9 Å². The van der Waals surface area contributed by atoms with Crippen molar-refractivity contribution in [2.45, 2.75) is 45.8 Å². The molecule has 0 radical (unpaired) electrons. The molecule has 0 bridgehead atoms. The molecule has 0 saturated heterocycles. The van der Waals surface area contributed by atoms with E-state index in [2.05, 4.69) is 0 Å². The number of carbonyl (C=O) groups excluding carboxylic acids is 4. The first kappa shape index (κ1) is 17.9. The second-order valence-electron chi connectivity index (χ2n) is 6.17. The second-order valence-corrected chi connectivity index (χ2v) is 6.17. The van der Waals surface area contributed by atoms with Gasteiger partial charge in [0, 0.05) is 30.7 Å². The average molecular weight is 361 g/mol. The highest BCUT2D eigenvalue weighted by atomic mass is 16.5. The lowest BCUT2D eigenvalue weighted by atomic mass is 9.91. The van der Waals surface area contributed by atoms with Crippen LogP contribution in [0.2, 0.25) is 0 Å². The van der Waals surface area contributed by atoms with Crippen LogP contribution in [-0.4, -0.2) is 35.3 Å². The van der Waals surface area contributed by atoms with Crippen LogP contribution >= 0.6 is 0 Å². The molecule has 3 rings (SSSR count). The van der Waals surface area contributed by atoms with Crippen LogP contribution in [0.25, 0.3) is 0 Å². The number of carbonyl (C=O) groups is 4. The minimum atomic E-state index is -0.591. The number of aromatic nitrogens is 1. The minimum absolute atomic E-state index is 0.0783. The van der Waals surface area contributed by atoms with Crippen LogP contribution in [-0.2, 0) is 36.8 Å². The van der Waals surface area contributed by atoms with Gasteiger partial charge in [0.25, 0.3) is 5.91 Å². The van der Waals surface area contributed by atoms with Crippen molar-refractivity contribution in [2.75, 3.05) is 7.11 Å². The molecule has 2 heterocycles. The molecule has 1 aliphatic heterocycles. The Balaban J connectivity index is 2.21. The average Bonchev–Trinajstić information content (AvgIpc) is 2.92. The number of ketones is 1. The van der Waals surface area contributed by atoms with Gasteiger partial charge in [0.15, 0.2) is 5.76 Å². The zero-order valence-corrected chi connectivity index (χ0v) is 14.8. The molecular formula is C18H19NO7. The van der Waals surface area contributed by atoms with Crippen molar-refractivity contribution in [1.82, 2.24) is 4.57 Å². The molecule has 2 aliphatic rings. The number of esters is 2. The molecule has 8 heteroatoms. The molecule has 0 amide bonds. The second kappa shape index (κ2) is 6.78. The Labute approximate surface area is 149 Å². The monoisotopic (exact) mass is 361 g/mol. The lowest BCUT2D eigenvalue weighted by Gasteiger charge is -2.24. The molecule has 0 N–H and O–H groups in total. The smallest absolute Gasteiger partial charge is 0.303 e. The van der Waals surface area contributed by atoms with Crippen LogP contribution in [0, 0.1) is 0 Å². The predicted molar refractivity (Wildman–Crippen MR) is 87.4 cm³/mol. The first-order valence-corrected chi connectivity index (χ1v) is 8.26. The number of rotatable bonds is 4. The largest absolute Gasteiger partial charge is 0.492 e. The standard InChI is InChI=1S/C18H19NO7/c1-9(20)25-8-11-16-12(5-4-6-13(16)26-10(2)21)19-15(22)7-14(24-3)18(23)17(11)19/h7,13H,4-6,8H2,1-3H3. The summed E-state index contributed by atoms with van der Waals surface area (Å²) in [6.07, 6.45) is 2.36. The molecule has 0 fully saturated rings. The molecule has 1 unspecified atom stereocenters. The van der Waals surface area contributed by atoms with E-state index in [1.807, 2.05) is 0 Å². The summed E-state index contributed by atoms with van der Waals surface area (Å²) in [5, 5.41) is 0. The molecule has 1 aromatic rings. The van der Waals surface area contributed by atoms with Crippen LogP contribution < -0.4 is 0 Å². The lowest BCUT2D eigenvalue weighted by Crippen LogP contribution is -2.26. The first-order valence-electron chi connectivity index (χ1n) is 8.26. The zero-order chi connectivity index (χ0) is 19.0. The van der Waals surface area contributed by atoms with Crippen molar-refractivity contribution in [3.05, 3.63) is 34.3 Å². The van der Waals surface area contributed by atoms with Gasteiger partial charge in [-0.3, -0.25) is 23.7 Å². The maximum atomic E-state index is 12.8. The number of Topliss-reactive ketones (excluding diaryl/α,β-unsaturated/α-hetero) is 1. The topological polar surface area (TPSA) is 101 Å². The Bertz CT molecular complexity index is 846. The third-order valence-corrected chi connectivity index (χ3v) is 4.48. The van der Waals surface area contributed by atoms with Gasteiger partial charge >= 0.3 is 11.9 Å². The lowest BCUT2D eigenvalue weighted by molar-refractivity contribution is -0.148. The molecule has 1 aliphatic carbocycles. The van der Waals surface area contributed by atoms with Crippen molar-refractivity contribution < 1.29 is 33.4 Å². The van der Waals surface area contributed by atoms with Crippen LogP contribution in [0.15, 0.2) is 11.8 Å². The summed E-state index contributed by atoms with van der Waals surface area (Å²) in [5.74, 6) is -1.93. The number of ether oxygens (including phenoxy) is 3. The first-order chi connectivity index (χ1) is 12.3. The summed E-state index contributed by atoms with van der Waals surface area (Å²) in [6, 6.07) is 0. The van der Waals surface area contributed by atoms with Crippen molar-refractivity contribution in [1.29, 1.82) is 0 Å². The van der Waals surface area contributed by atoms with Crippen molar-refractivity contribution in [3.63, 3.8) is 0 Å². The van der Waals surface area contributed by atoms with E-state index in [4.69, 9.17) is 14.2 Å². The number of methoxy groups -OCH3 is 1. The van der Waals surface area contributed by atoms with Gasteiger partial charge in [-0.1, -0.05) is 0 Å². The van der Waals surface area contributed by atoms with Gasteiger partial charge in [0.2, 0.25) is 5.78 Å². The van der Waals surface area contributed by atoms with E-state index in [-0.39, 0.29) is 18.1 Å². The number of hydrogen-bond acceptors (Lipinski definition) is 7. The van der Waals surface area contributed by atoms with Crippen LogP contribution in [0.4, 0.5) is 0 Å². The minimum Gasteiger partial charge on any atom is -0.492 e. The van der Waals surface area contributed by atoms with Gasteiger partial charge in [-0.2, -0.15) is 0 Å². The summed E-state index contributed by atoms with van der Waals surface area (Å²) >= 11 is 0. The van der Waals surface area contributed by atoms with E-state index < -0.39 is 29.7 Å². The molecule has 8 nitrogen and oxygen atoms in total. The third kappa shape index (κ3) is 2.91. The van der Waals surface area contributed by atoms with Crippen LogP contribution in [0.3, 0.4) is 0 Å². The number of allylic oxidation sites excluding steroid dienone is 2. The molecular weight excluding hydrogens is 342 g/mol. The van der Waals surface area contributed by atoms with Crippen molar-refractivity contribution >= 4 is 23.6 Å². The summed E-state index contributed by atoms with van der Waals surface area (Å²) in [7, 11) is 1.31. The maximum Gasteiger partial charge on any atom is 0.303 e. The molecule has 26 heavy (non-hydrogen) atoms. The van der Waals surface area contributed by atoms with Gasteiger partial charge in [-0.05, 0) is 19.3 Å². The Kier molecular flexibility index (Phi) is 4.67. The molecule has 0 saturated carbocycles. The fourth-order valence-electron chi connectivity index (χ4n) is 3.55. The van der Waals surface area contributed by atoms with E-state index in [1.165, 1.54) is 25.5 Å². The highest BCUT2D eigenvalue weighted by Crippen LogP contribution is 2.40. The number of nitrogens with zero attached hydrogens (tertiary/aromatic N) is 1. The van der Waals surface area contributed by atoms with Gasteiger partial charge in [0.1, 0.15) is 18.4 Å². The van der Waals surface area contributed by atoms with Gasteiger partial charge in [0.05, 0.1) is 13.2 Å². The maximum absolute atomic E-state index is 12.8. The SMILES string of the molecule is COC1=CC(=O)n2c3c(c(COC(C)=O)c2C1=O)C(OC(C)=O)CCC3. The van der Waals surface area contributed by atoms with Crippen molar-refractivity contribution in [2.24, 2.45) is 0 Å². The molecule has 0 spiro atoms. The van der Waals surface area contributed by atoms with Gasteiger partial charge in [-0.25, -0.2) is 0 Å². The van der Waals surface area contributed by atoms with Crippen molar-refractivity contribution in [3.8, 4) is 0 Å². The highest BCUT2D eigenvalue weighted by Gasteiger charge is 2.39. The van der Waals surface area contributed by atoms with Gasteiger partial charge < -0.3 is 14.2 Å². The number of fused-ring (bicyclic) bond motifs is 3. The molecule has 138 valence electrons. The molecule has 0 aromatic carbocycles. The molecule has 1 aromatic heterocycles. The Morgan fingerprint density at radius 3 is 2.58 bits per heavy atom. The van der Waals surface area contributed by atoms with E-state index in [0.717, 1.165) is 6.08 Å². The predicted octanol–water partition coefficient (Wildman–Crippen LogP) is 1.86. The summed E-state index contributed by atoms with van der Waals surface area (Å²) in [4.78, 5) is 48.2. The summed E-state index contributed by atoms with van der Waals surface area (Å²) < 4.78 is 16.9. The Morgan fingerprint density at radius 2 is 1.96 bits per heavy atom. The zero-order valence-electron chi connectivity index (χ0n) is 14.8. The summed E-state index contributed by atoms with van der Waals surface area (Å²) in [5.41, 5.74) is 1.70. The van der Waals surface area contributed by atoms with E-state index in [0.29, 0.717) is 36.1 Å². The fourth-order valence-corrected chi connectivity index (χ4v) is 3.55. The Morgan fingerprint density at radius 1 is 1.23 bits per heavy atom. The van der Waals surface area contributed by atoms with E-state index in [1.54, 1.807) is 0 Å². The van der Waals surface area contributed by atoms with E-state index in [9.17, 15) is 19.2 Å². The Hall–Kier alpha value is -2.90. The summed E-state index contributed by atoms with van der Waals surface area (Å²) in [6.45, 7) is 2.37. The number of hydrogen-bond donors (Lipinski definition) is 0. The normalized spacial score (nSPS) is 18.6. The van der Waals surface area contributed by atoms with Crippen LogP contribution in [0.5, 0.6) is 0 Å². The fraction of sp³-hybridized carbons (Fsp3) is 0.444.